The number of hydrogen-bond donors (Lipinski definition) is 1. The predicted molar refractivity (Wildman–Crippen MR) is 89.3 cm³/mol. The van der Waals surface area contributed by atoms with Crippen LogP contribution in [0.25, 0.3) is 10.4 Å². The van der Waals surface area contributed by atoms with E-state index in [0.29, 0.717) is 0 Å². The van der Waals surface area contributed by atoms with Gasteiger partial charge in [0.25, 0.3) is 0 Å². The van der Waals surface area contributed by atoms with Crippen molar-refractivity contribution in [1.29, 1.82) is 0 Å². The summed E-state index contributed by atoms with van der Waals surface area (Å²) in [6, 6.07) is 8.20. The van der Waals surface area contributed by atoms with Gasteiger partial charge in [-0.1, -0.05) is 38.3 Å². The number of hydrogen-bond acceptors (Lipinski definition) is 3. The van der Waals surface area contributed by atoms with E-state index in [1.165, 1.54) is 24.1 Å². The fraction of sp³-hybridized carbons (Fsp3) is 0.438. The van der Waals surface area contributed by atoms with Gasteiger partial charge in [0.05, 0.1) is 11.5 Å². The van der Waals surface area contributed by atoms with Crippen molar-refractivity contribution in [1.82, 2.24) is 4.98 Å². The quantitative estimate of drug-likeness (QED) is 0.521. The number of aryl methyl sites for hydroxylation is 1. The number of benzene rings is 1. The number of ether oxygens (including phenoxy) is 1. The first-order valence-corrected chi connectivity index (χ1v) is 8.36. The lowest BCUT2D eigenvalue weighted by Gasteiger charge is -2.10. The summed E-state index contributed by atoms with van der Waals surface area (Å²) in [5.74, 6) is 0.956. The van der Waals surface area contributed by atoms with Gasteiger partial charge in [0.1, 0.15) is 5.75 Å². The molecule has 0 saturated heterocycles. The summed E-state index contributed by atoms with van der Waals surface area (Å²) in [7, 11) is 0. The zero-order valence-electron chi connectivity index (χ0n) is 12.1. The Morgan fingerprint density at radius 2 is 2.00 bits per heavy atom. The van der Waals surface area contributed by atoms with Crippen molar-refractivity contribution in [3.63, 3.8) is 0 Å². The minimum Gasteiger partial charge on any atom is -0.493 e. The number of thiazole rings is 1. The van der Waals surface area contributed by atoms with Crippen LogP contribution >= 0.6 is 23.6 Å². The number of H-pyrrole nitrogens is 1. The van der Waals surface area contributed by atoms with Gasteiger partial charge < -0.3 is 9.72 Å². The zero-order chi connectivity index (χ0) is 14.4. The van der Waals surface area contributed by atoms with Gasteiger partial charge in [-0.15, -0.1) is 11.3 Å². The topological polar surface area (TPSA) is 25.0 Å². The van der Waals surface area contributed by atoms with E-state index >= 15 is 0 Å². The van der Waals surface area contributed by atoms with Crippen LogP contribution in [0, 0.1) is 10.9 Å². The number of aromatic amines is 1. The third-order valence-corrected chi connectivity index (χ3v) is 4.58. The first kappa shape index (κ1) is 15.3. The molecule has 1 aromatic heterocycles. The van der Waals surface area contributed by atoms with Gasteiger partial charge in [0.2, 0.25) is 0 Å². The molecular formula is C16H21NOS2. The molecule has 0 unspecified atom stereocenters. The third-order valence-electron chi connectivity index (χ3n) is 3.21. The van der Waals surface area contributed by atoms with Crippen molar-refractivity contribution in [2.75, 3.05) is 6.61 Å². The average molecular weight is 307 g/mol. The molecule has 2 rings (SSSR count). The van der Waals surface area contributed by atoms with Crippen LogP contribution in [0.3, 0.4) is 0 Å². The summed E-state index contributed by atoms with van der Waals surface area (Å²) in [5.41, 5.74) is 2.25. The maximum Gasteiger partial charge on any atom is 0.159 e. The second-order valence-electron chi connectivity index (χ2n) is 4.87. The second-order valence-corrected chi connectivity index (χ2v) is 6.56. The van der Waals surface area contributed by atoms with Gasteiger partial charge in [-0.3, -0.25) is 0 Å². The Morgan fingerprint density at radius 1 is 1.20 bits per heavy atom. The fourth-order valence-electron chi connectivity index (χ4n) is 2.15. The van der Waals surface area contributed by atoms with E-state index in [9.17, 15) is 0 Å². The SMILES string of the molecule is CCCCCCOc1ccccc1-c1sc(=S)[nH]c1C. The molecule has 0 fully saturated rings. The van der Waals surface area contributed by atoms with Gasteiger partial charge in [-0.2, -0.15) is 0 Å². The number of para-hydroxylation sites is 1. The number of rotatable bonds is 7. The van der Waals surface area contributed by atoms with E-state index in [4.69, 9.17) is 17.0 Å². The Hall–Kier alpha value is -1.13. The summed E-state index contributed by atoms with van der Waals surface area (Å²) in [6.45, 7) is 5.06. The number of unbranched alkanes of at least 4 members (excludes halogenated alkanes) is 3. The molecule has 1 N–H and O–H groups in total. The van der Waals surface area contributed by atoms with Crippen LogP contribution in [0.4, 0.5) is 0 Å². The summed E-state index contributed by atoms with van der Waals surface area (Å²) in [6.07, 6.45) is 4.89. The second kappa shape index (κ2) is 7.60. The first-order valence-electron chi connectivity index (χ1n) is 7.14. The Labute approximate surface area is 129 Å². The maximum absolute atomic E-state index is 5.96. The molecule has 1 aromatic carbocycles. The summed E-state index contributed by atoms with van der Waals surface area (Å²) >= 11 is 6.83. The van der Waals surface area contributed by atoms with Gasteiger partial charge in [0, 0.05) is 11.3 Å². The molecule has 2 aromatic rings. The largest absolute Gasteiger partial charge is 0.493 e. The van der Waals surface area contributed by atoms with Crippen LogP contribution in [0.5, 0.6) is 5.75 Å². The van der Waals surface area contributed by atoms with Crippen LogP contribution in [-0.4, -0.2) is 11.6 Å². The van der Waals surface area contributed by atoms with Crippen molar-refractivity contribution in [3.05, 3.63) is 33.9 Å². The van der Waals surface area contributed by atoms with E-state index in [-0.39, 0.29) is 0 Å². The third kappa shape index (κ3) is 3.93. The van der Waals surface area contributed by atoms with E-state index in [0.717, 1.165) is 34.0 Å². The van der Waals surface area contributed by atoms with Crippen molar-refractivity contribution < 1.29 is 4.74 Å². The standard InChI is InChI=1S/C16H21NOS2/c1-3-4-5-8-11-18-14-10-7-6-9-13(14)15-12(2)17-16(19)20-15/h6-7,9-10H,3-5,8,11H2,1-2H3,(H,17,19). The van der Waals surface area contributed by atoms with Gasteiger partial charge >= 0.3 is 0 Å². The molecule has 0 aliphatic carbocycles. The summed E-state index contributed by atoms with van der Waals surface area (Å²) < 4.78 is 6.78. The lowest BCUT2D eigenvalue weighted by molar-refractivity contribution is 0.306. The molecule has 0 radical (unpaired) electrons. The minimum atomic E-state index is 0.784. The summed E-state index contributed by atoms with van der Waals surface area (Å²) in [4.78, 5) is 4.37. The zero-order valence-corrected chi connectivity index (χ0v) is 13.7. The van der Waals surface area contributed by atoms with Crippen LogP contribution in [-0.2, 0) is 0 Å². The molecular weight excluding hydrogens is 286 g/mol. The maximum atomic E-state index is 5.96. The molecule has 0 atom stereocenters. The van der Waals surface area contributed by atoms with Gasteiger partial charge in [-0.05, 0) is 37.7 Å². The molecule has 0 bridgehead atoms. The highest BCUT2D eigenvalue weighted by Gasteiger charge is 2.10. The van der Waals surface area contributed by atoms with Crippen LogP contribution in [0.1, 0.15) is 38.3 Å². The Balaban J connectivity index is 2.10. The fourth-order valence-corrected chi connectivity index (χ4v) is 3.43. The predicted octanol–water partition coefficient (Wildman–Crippen LogP) is 5.74. The van der Waals surface area contributed by atoms with Crippen LogP contribution < -0.4 is 4.74 Å². The van der Waals surface area contributed by atoms with Crippen LogP contribution in [0.2, 0.25) is 0 Å². The highest BCUT2D eigenvalue weighted by atomic mass is 32.1. The Kier molecular flexibility index (Phi) is 5.80. The number of nitrogens with one attached hydrogen (secondary N) is 1. The van der Waals surface area contributed by atoms with E-state index in [2.05, 4.69) is 24.9 Å². The first-order chi connectivity index (χ1) is 9.72. The molecule has 1 heterocycles. The molecule has 0 amide bonds. The normalized spacial score (nSPS) is 10.7. The minimum absolute atomic E-state index is 0.784. The number of aromatic nitrogens is 1. The molecule has 20 heavy (non-hydrogen) atoms. The molecule has 108 valence electrons. The Bertz CT molecular complexity index is 601. The van der Waals surface area contributed by atoms with Gasteiger partial charge in [0.15, 0.2) is 3.95 Å². The molecule has 0 aliphatic rings. The lowest BCUT2D eigenvalue weighted by Crippen LogP contribution is -1.98. The van der Waals surface area contributed by atoms with Crippen molar-refractivity contribution in [2.45, 2.75) is 39.5 Å². The van der Waals surface area contributed by atoms with E-state index in [1.54, 1.807) is 11.3 Å². The van der Waals surface area contributed by atoms with Crippen molar-refractivity contribution in [3.8, 4) is 16.2 Å². The molecule has 4 heteroatoms. The Morgan fingerprint density at radius 3 is 2.70 bits per heavy atom. The van der Waals surface area contributed by atoms with E-state index < -0.39 is 0 Å². The molecule has 0 aliphatic heterocycles. The smallest absolute Gasteiger partial charge is 0.159 e. The lowest BCUT2D eigenvalue weighted by atomic mass is 10.1. The van der Waals surface area contributed by atoms with E-state index in [1.807, 2.05) is 18.2 Å². The highest BCUT2D eigenvalue weighted by molar-refractivity contribution is 7.73. The monoisotopic (exact) mass is 307 g/mol. The van der Waals surface area contributed by atoms with Crippen LogP contribution in [0.15, 0.2) is 24.3 Å². The molecule has 0 saturated carbocycles. The van der Waals surface area contributed by atoms with Gasteiger partial charge in [-0.25, -0.2) is 0 Å². The highest BCUT2D eigenvalue weighted by Crippen LogP contribution is 2.35. The van der Waals surface area contributed by atoms with Crippen molar-refractivity contribution >= 4 is 23.6 Å². The molecule has 2 nitrogen and oxygen atoms in total. The summed E-state index contributed by atoms with van der Waals surface area (Å²) in [5, 5.41) is 0. The average Bonchev–Trinajstić information content (AvgIpc) is 2.78. The molecule has 0 spiro atoms. The van der Waals surface area contributed by atoms with Crippen molar-refractivity contribution in [2.24, 2.45) is 0 Å².